The van der Waals surface area contributed by atoms with Crippen LogP contribution in [0.15, 0.2) is 29.2 Å². The van der Waals surface area contributed by atoms with E-state index in [9.17, 15) is 13.2 Å². The fraction of sp³-hybridized carbons (Fsp3) is 0.588. The zero-order chi connectivity index (χ0) is 17.6. The average molecular weight is 353 g/mol. The molecule has 1 amide bonds. The minimum absolute atomic E-state index is 0.165. The maximum Gasteiger partial charge on any atom is 0.251 e. The van der Waals surface area contributed by atoms with Crippen molar-refractivity contribution in [2.45, 2.75) is 31.6 Å². The minimum atomic E-state index is -3.55. The molecule has 0 saturated carbocycles. The van der Waals surface area contributed by atoms with Gasteiger partial charge in [0, 0.05) is 25.2 Å². The molecule has 1 unspecified atom stereocenters. The van der Waals surface area contributed by atoms with Gasteiger partial charge >= 0.3 is 0 Å². The van der Waals surface area contributed by atoms with E-state index >= 15 is 0 Å². The number of amides is 1. The van der Waals surface area contributed by atoms with E-state index in [1.165, 1.54) is 16.4 Å². The van der Waals surface area contributed by atoms with Crippen molar-refractivity contribution in [1.29, 1.82) is 0 Å². The molecule has 0 spiro atoms. The standard InChI is InChI=1S/C17H27N3O3S/c1-3-20(4-2)24(22,23)16-9-5-8-15(11-16)17(21)19-13-14-7-6-10-18-12-14/h5,8-9,11,14,18H,3-4,6-7,10,12-13H2,1-2H3,(H,19,21). The summed E-state index contributed by atoms with van der Waals surface area (Å²) in [5.74, 6) is 0.211. The number of hydrogen-bond donors (Lipinski definition) is 2. The van der Waals surface area contributed by atoms with Crippen molar-refractivity contribution >= 4 is 15.9 Å². The van der Waals surface area contributed by atoms with Crippen molar-refractivity contribution in [3.8, 4) is 0 Å². The summed E-state index contributed by atoms with van der Waals surface area (Å²) in [4.78, 5) is 12.5. The van der Waals surface area contributed by atoms with Crippen LogP contribution in [-0.4, -0.2) is 51.4 Å². The number of hydrogen-bond acceptors (Lipinski definition) is 4. The predicted molar refractivity (Wildman–Crippen MR) is 94.5 cm³/mol. The molecule has 1 heterocycles. The smallest absolute Gasteiger partial charge is 0.251 e. The highest BCUT2D eigenvalue weighted by Gasteiger charge is 2.22. The summed E-state index contributed by atoms with van der Waals surface area (Å²) in [7, 11) is -3.55. The number of rotatable bonds is 7. The van der Waals surface area contributed by atoms with Gasteiger partial charge in [-0.15, -0.1) is 0 Å². The third-order valence-corrected chi connectivity index (χ3v) is 6.44. The van der Waals surface area contributed by atoms with E-state index in [1.54, 1.807) is 26.0 Å². The topological polar surface area (TPSA) is 78.5 Å². The Morgan fingerprint density at radius 3 is 2.71 bits per heavy atom. The second-order valence-corrected chi connectivity index (χ2v) is 7.98. The molecule has 2 rings (SSSR count). The maximum absolute atomic E-state index is 12.6. The minimum Gasteiger partial charge on any atom is -0.352 e. The number of nitrogens with one attached hydrogen (secondary N) is 2. The zero-order valence-corrected chi connectivity index (χ0v) is 15.2. The van der Waals surface area contributed by atoms with E-state index in [0.717, 1.165) is 25.9 Å². The first-order chi connectivity index (χ1) is 11.5. The van der Waals surface area contributed by atoms with E-state index in [-0.39, 0.29) is 10.8 Å². The largest absolute Gasteiger partial charge is 0.352 e. The van der Waals surface area contributed by atoms with Gasteiger partial charge in [0.25, 0.3) is 5.91 Å². The summed E-state index contributed by atoms with van der Waals surface area (Å²) in [6.45, 7) is 6.98. The van der Waals surface area contributed by atoms with Gasteiger partial charge in [-0.2, -0.15) is 4.31 Å². The number of benzene rings is 1. The van der Waals surface area contributed by atoms with Crippen LogP contribution in [0.4, 0.5) is 0 Å². The van der Waals surface area contributed by atoms with Gasteiger partial charge in [0.15, 0.2) is 0 Å². The summed E-state index contributed by atoms with van der Waals surface area (Å²) < 4.78 is 26.5. The van der Waals surface area contributed by atoms with Crippen molar-refractivity contribution in [3.05, 3.63) is 29.8 Å². The summed E-state index contributed by atoms with van der Waals surface area (Å²) in [6.07, 6.45) is 2.22. The van der Waals surface area contributed by atoms with E-state index in [1.807, 2.05) is 0 Å². The van der Waals surface area contributed by atoms with Crippen LogP contribution < -0.4 is 10.6 Å². The van der Waals surface area contributed by atoms with Gasteiger partial charge in [-0.25, -0.2) is 8.42 Å². The molecule has 6 nitrogen and oxygen atoms in total. The summed E-state index contributed by atoms with van der Waals surface area (Å²) in [5, 5.41) is 6.23. The van der Waals surface area contributed by atoms with Crippen molar-refractivity contribution in [1.82, 2.24) is 14.9 Å². The average Bonchev–Trinajstić information content (AvgIpc) is 2.61. The molecule has 1 atom stereocenters. The van der Waals surface area contributed by atoms with Crippen LogP contribution in [0.25, 0.3) is 0 Å². The number of carbonyl (C=O) groups excluding carboxylic acids is 1. The molecule has 134 valence electrons. The normalized spacial score (nSPS) is 18.5. The Morgan fingerprint density at radius 2 is 2.08 bits per heavy atom. The van der Waals surface area contributed by atoms with Crippen molar-refractivity contribution < 1.29 is 13.2 Å². The highest BCUT2D eigenvalue weighted by molar-refractivity contribution is 7.89. The van der Waals surface area contributed by atoms with Crippen LogP contribution in [0.2, 0.25) is 0 Å². The molecule has 0 bridgehead atoms. The number of sulfonamides is 1. The Kier molecular flexibility index (Phi) is 6.77. The van der Waals surface area contributed by atoms with Crippen LogP contribution in [0.1, 0.15) is 37.0 Å². The van der Waals surface area contributed by atoms with Crippen molar-refractivity contribution in [2.24, 2.45) is 5.92 Å². The van der Waals surface area contributed by atoms with E-state index in [0.29, 0.717) is 31.1 Å². The lowest BCUT2D eigenvalue weighted by Crippen LogP contribution is -2.38. The van der Waals surface area contributed by atoms with Crippen LogP contribution in [0, 0.1) is 5.92 Å². The molecular formula is C17H27N3O3S. The highest BCUT2D eigenvalue weighted by Crippen LogP contribution is 2.17. The van der Waals surface area contributed by atoms with Gasteiger partial charge in [-0.1, -0.05) is 19.9 Å². The Morgan fingerprint density at radius 1 is 1.33 bits per heavy atom. The SMILES string of the molecule is CCN(CC)S(=O)(=O)c1cccc(C(=O)NCC2CCCNC2)c1. The monoisotopic (exact) mass is 353 g/mol. The first-order valence-corrected chi connectivity index (χ1v) is 10.0. The fourth-order valence-electron chi connectivity index (χ4n) is 2.95. The molecule has 2 N–H and O–H groups in total. The maximum atomic E-state index is 12.6. The Hall–Kier alpha value is -1.44. The molecule has 0 aromatic heterocycles. The summed E-state index contributed by atoms with van der Waals surface area (Å²) >= 11 is 0. The van der Waals surface area contributed by atoms with Crippen LogP contribution in [0.5, 0.6) is 0 Å². The zero-order valence-electron chi connectivity index (χ0n) is 14.4. The van der Waals surface area contributed by atoms with E-state index < -0.39 is 10.0 Å². The second-order valence-electron chi connectivity index (χ2n) is 6.04. The third kappa shape index (κ3) is 4.55. The molecule has 1 aliphatic heterocycles. The first-order valence-electron chi connectivity index (χ1n) is 8.58. The third-order valence-electron chi connectivity index (χ3n) is 4.39. The molecule has 1 aromatic rings. The van der Waals surface area contributed by atoms with Gasteiger partial charge in [0.2, 0.25) is 10.0 Å². The molecule has 0 aliphatic carbocycles. The fourth-order valence-corrected chi connectivity index (χ4v) is 4.45. The van der Waals surface area contributed by atoms with Crippen LogP contribution in [-0.2, 0) is 10.0 Å². The predicted octanol–water partition coefficient (Wildman–Crippen LogP) is 1.45. The molecule has 7 heteroatoms. The van der Waals surface area contributed by atoms with Gasteiger partial charge < -0.3 is 10.6 Å². The quantitative estimate of drug-likeness (QED) is 0.778. The molecule has 0 radical (unpaired) electrons. The van der Waals surface area contributed by atoms with Crippen molar-refractivity contribution in [3.63, 3.8) is 0 Å². The lowest BCUT2D eigenvalue weighted by molar-refractivity contribution is 0.0944. The summed E-state index contributed by atoms with van der Waals surface area (Å²) in [5.41, 5.74) is 0.381. The molecule has 1 aromatic carbocycles. The van der Waals surface area contributed by atoms with Gasteiger partial charge in [-0.3, -0.25) is 4.79 Å². The molecular weight excluding hydrogens is 326 g/mol. The number of piperidine rings is 1. The van der Waals surface area contributed by atoms with Gasteiger partial charge in [0.05, 0.1) is 4.90 Å². The van der Waals surface area contributed by atoms with Crippen molar-refractivity contribution in [2.75, 3.05) is 32.7 Å². The molecule has 24 heavy (non-hydrogen) atoms. The van der Waals surface area contributed by atoms with E-state index in [2.05, 4.69) is 10.6 Å². The first kappa shape index (κ1) is 18.9. The number of nitrogens with zero attached hydrogens (tertiary/aromatic N) is 1. The Balaban J connectivity index is 2.07. The molecule has 1 fully saturated rings. The Bertz CT molecular complexity index is 651. The number of carbonyl (C=O) groups is 1. The van der Waals surface area contributed by atoms with E-state index in [4.69, 9.17) is 0 Å². The molecule has 1 saturated heterocycles. The Labute approximate surface area is 144 Å². The molecule has 1 aliphatic rings. The lowest BCUT2D eigenvalue weighted by atomic mass is 10.00. The summed E-state index contributed by atoms with van der Waals surface area (Å²) in [6, 6.07) is 6.26. The van der Waals surface area contributed by atoms with Crippen LogP contribution >= 0.6 is 0 Å². The highest BCUT2D eigenvalue weighted by atomic mass is 32.2. The van der Waals surface area contributed by atoms with Gasteiger partial charge in [-0.05, 0) is 50.0 Å². The van der Waals surface area contributed by atoms with Crippen LogP contribution in [0.3, 0.4) is 0 Å². The van der Waals surface area contributed by atoms with Gasteiger partial charge in [0.1, 0.15) is 0 Å². The lowest BCUT2D eigenvalue weighted by Gasteiger charge is -2.23. The second kappa shape index (κ2) is 8.60.